The number of aliphatic carboxylic acids is 1. The van der Waals surface area contributed by atoms with Crippen LogP contribution in [0.5, 0.6) is 0 Å². The molecule has 32 heavy (non-hydrogen) atoms. The molecule has 0 bridgehead atoms. The van der Waals surface area contributed by atoms with Gasteiger partial charge in [-0.05, 0) is 55.1 Å². The van der Waals surface area contributed by atoms with E-state index in [4.69, 9.17) is 4.74 Å². The number of ketones is 1. The molecule has 0 aliphatic heterocycles. The maximum absolute atomic E-state index is 13.0. The number of nitrogens with one attached hydrogen (secondary N) is 1. The lowest BCUT2D eigenvalue weighted by Crippen LogP contribution is -2.45. The molecule has 0 aliphatic carbocycles. The van der Waals surface area contributed by atoms with E-state index in [2.05, 4.69) is 5.32 Å². The Hall–Kier alpha value is -1.22. The molecule has 9 heteroatoms. The van der Waals surface area contributed by atoms with Crippen LogP contribution in [-0.2, 0) is 23.9 Å². The Labute approximate surface area is 201 Å². The van der Waals surface area contributed by atoms with Gasteiger partial charge in [-0.15, -0.1) is 0 Å². The molecule has 0 aromatic rings. The molecule has 7 nitrogen and oxygen atoms in total. The summed E-state index contributed by atoms with van der Waals surface area (Å²) in [6, 6.07) is -0.762. The van der Waals surface area contributed by atoms with E-state index >= 15 is 0 Å². The smallest absolute Gasteiger partial charge is 0.306 e. The van der Waals surface area contributed by atoms with Gasteiger partial charge in [-0.3, -0.25) is 19.2 Å². The molecule has 0 fully saturated rings. The lowest BCUT2D eigenvalue weighted by Gasteiger charge is -2.24. The van der Waals surface area contributed by atoms with Crippen molar-refractivity contribution in [1.29, 1.82) is 0 Å². The average molecular weight is 492 g/mol. The van der Waals surface area contributed by atoms with Crippen molar-refractivity contribution in [2.24, 2.45) is 23.7 Å². The van der Waals surface area contributed by atoms with Crippen LogP contribution in [0.25, 0.3) is 0 Å². The molecule has 186 valence electrons. The van der Waals surface area contributed by atoms with Crippen LogP contribution in [-0.4, -0.2) is 65.4 Å². The fourth-order valence-corrected chi connectivity index (χ4v) is 4.14. The van der Waals surface area contributed by atoms with Crippen LogP contribution in [0.15, 0.2) is 0 Å². The van der Waals surface area contributed by atoms with Crippen molar-refractivity contribution in [3.8, 4) is 0 Å². The Morgan fingerprint density at radius 1 is 0.875 bits per heavy atom. The molecule has 0 heterocycles. The van der Waals surface area contributed by atoms with Gasteiger partial charge in [0.05, 0.1) is 25.0 Å². The highest BCUT2D eigenvalue weighted by Gasteiger charge is 2.30. The predicted octanol–water partition coefficient (Wildman–Crippen LogP) is 3.89. The van der Waals surface area contributed by atoms with Crippen molar-refractivity contribution < 1.29 is 29.0 Å². The van der Waals surface area contributed by atoms with Crippen LogP contribution in [0.3, 0.4) is 0 Å². The van der Waals surface area contributed by atoms with E-state index < -0.39 is 29.8 Å². The molecule has 2 N–H and O–H groups in total. The van der Waals surface area contributed by atoms with Crippen molar-refractivity contribution >= 4 is 47.2 Å². The molecule has 0 aromatic carbocycles. The number of thioether (sulfide) groups is 2. The van der Waals surface area contributed by atoms with Crippen molar-refractivity contribution in [2.45, 2.75) is 65.8 Å². The summed E-state index contributed by atoms with van der Waals surface area (Å²) in [6.07, 6.45) is 5.00. The van der Waals surface area contributed by atoms with Crippen LogP contribution >= 0.6 is 23.5 Å². The number of hydrogen-bond donors (Lipinski definition) is 2. The highest BCUT2D eigenvalue weighted by Crippen LogP contribution is 2.19. The maximum atomic E-state index is 13.0. The second kappa shape index (κ2) is 17.3. The first-order valence-corrected chi connectivity index (χ1v) is 14.0. The van der Waals surface area contributed by atoms with Crippen LogP contribution in [0.1, 0.15) is 59.8 Å². The lowest BCUT2D eigenvalue weighted by atomic mass is 9.91. The van der Waals surface area contributed by atoms with Gasteiger partial charge in [0.25, 0.3) is 0 Å². The minimum Gasteiger partial charge on any atom is -0.481 e. The van der Waals surface area contributed by atoms with E-state index in [-0.39, 0.29) is 36.4 Å². The quantitative estimate of drug-likeness (QED) is 0.278. The summed E-state index contributed by atoms with van der Waals surface area (Å²) in [5, 5.41) is 12.3. The Kier molecular flexibility index (Phi) is 16.6. The molecular weight excluding hydrogens is 450 g/mol. The van der Waals surface area contributed by atoms with E-state index in [1.807, 2.05) is 40.2 Å². The first kappa shape index (κ1) is 30.8. The molecule has 0 radical (unpaired) electrons. The highest BCUT2D eigenvalue weighted by molar-refractivity contribution is 7.98. The summed E-state index contributed by atoms with van der Waals surface area (Å²) >= 11 is 3.12. The Morgan fingerprint density at radius 2 is 1.44 bits per heavy atom. The number of Topliss-reactive ketones (excluding diaryl/α,β-unsaturated/α-hetero) is 1. The first-order chi connectivity index (χ1) is 15.0. The Morgan fingerprint density at radius 3 is 1.91 bits per heavy atom. The second-order valence-electron chi connectivity index (χ2n) is 8.94. The third-order valence-electron chi connectivity index (χ3n) is 4.91. The number of amides is 1. The Balaban J connectivity index is 5.29. The van der Waals surface area contributed by atoms with Gasteiger partial charge in [0.15, 0.2) is 5.78 Å². The normalized spacial score (nSPS) is 14.1. The number of carboxylic acids is 1. The SMILES string of the molecule is CSCCC(CC(=O)C(CC(C)C)NC(=O)C(CCSC)CC(=O)OCC(C)C)C(=O)O. The zero-order valence-corrected chi connectivity index (χ0v) is 22.0. The van der Waals surface area contributed by atoms with Gasteiger partial charge in [-0.2, -0.15) is 23.5 Å². The maximum Gasteiger partial charge on any atom is 0.306 e. The van der Waals surface area contributed by atoms with Gasteiger partial charge in [0, 0.05) is 12.3 Å². The number of carboxylic acid groups (broad SMARTS) is 1. The third kappa shape index (κ3) is 14.0. The number of carbonyl (C=O) groups is 4. The molecule has 1 amide bonds. The van der Waals surface area contributed by atoms with E-state index in [1.54, 1.807) is 11.8 Å². The molecule has 0 aliphatic rings. The molecule has 0 saturated heterocycles. The van der Waals surface area contributed by atoms with Crippen LogP contribution in [0, 0.1) is 23.7 Å². The van der Waals surface area contributed by atoms with E-state index in [0.717, 1.165) is 0 Å². The summed E-state index contributed by atoms with van der Waals surface area (Å²) in [5.41, 5.74) is 0. The predicted molar refractivity (Wildman–Crippen MR) is 132 cm³/mol. The number of hydrogen-bond acceptors (Lipinski definition) is 7. The van der Waals surface area contributed by atoms with Crippen LogP contribution < -0.4 is 5.32 Å². The number of esters is 1. The van der Waals surface area contributed by atoms with Crippen molar-refractivity contribution in [2.75, 3.05) is 30.6 Å². The molecule has 0 aromatic heterocycles. The summed E-state index contributed by atoms with van der Waals surface area (Å²) in [6.45, 7) is 8.08. The van der Waals surface area contributed by atoms with Crippen molar-refractivity contribution in [3.05, 3.63) is 0 Å². The van der Waals surface area contributed by atoms with Gasteiger partial charge in [0.2, 0.25) is 5.91 Å². The molecule has 0 saturated carbocycles. The monoisotopic (exact) mass is 491 g/mol. The zero-order chi connectivity index (χ0) is 24.7. The molecule has 0 spiro atoms. The van der Waals surface area contributed by atoms with Gasteiger partial charge < -0.3 is 15.2 Å². The standard InChI is InChI=1S/C23H41NO6S2/c1-15(2)11-19(20(25)12-18(23(28)29)8-10-32-6)24-22(27)17(7-9-31-5)13-21(26)30-14-16(3)4/h15-19H,7-14H2,1-6H3,(H,24,27)(H,28,29). The van der Waals surface area contributed by atoms with Crippen molar-refractivity contribution in [3.63, 3.8) is 0 Å². The van der Waals surface area contributed by atoms with E-state index in [9.17, 15) is 24.3 Å². The second-order valence-corrected chi connectivity index (χ2v) is 10.9. The average Bonchev–Trinajstić information content (AvgIpc) is 2.71. The summed E-state index contributed by atoms with van der Waals surface area (Å²) in [7, 11) is 0. The zero-order valence-electron chi connectivity index (χ0n) is 20.3. The highest BCUT2D eigenvalue weighted by atomic mass is 32.2. The Bertz CT molecular complexity index is 597. The molecule has 3 unspecified atom stereocenters. The van der Waals surface area contributed by atoms with Gasteiger partial charge in [-0.25, -0.2) is 0 Å². The van der Waals surface area contributed by atoms with Crippen LogP contribution in [0.4, 0.5) is 0 Å². The largest absolute Gasteiger partial charge is 0.481 e. The van der Waals surface area contributed by atoms with Gasteiger partial charge >= 0.3 is 11.9 Å². The summed E-state index contributed by atoms with van der Waals surface area (Å²) in [5.74, 6) is -1.69. The topological polar surface area (TPSA) is 110 Å². The molecule has 0 rings (SSSR count). The van der Waals surface area contributed by atoms with E-state index in [0.29, 0.717) is 37.4 Å². The lowest BCUT2D eigenvalue weighted by molar-refractivity contribution is -0.148. The van der Waals surface area contributed by atoms with Gasteiger partial charge in [0.1, 0.15) is 0 Å². The van der Waals surface area contributed by atoms with E-state index in [1.165, 1.54) is 11.8 Å². The van der Waals surface area contributed by atoms with Gasteiger partial charge in [-0.1, -0.05) is 27.7 Å². The third-order valence-corrected chi connectivity index (χ3v) is 6.20. The fourth-order valence-electron chi connectivity index (χ4n) is 3.10. The number of carbonyl (C=O) groups excluding carboxylic acids is 3. The number of rotatable bonds is 18. The molecular formula is C23H41NO6S2. The first-order valence-electron chi connectivity index (χ1n) is 11.2. The van der Waals surface area contributed by atoms with Crippen LogP contribution in [0.2, 0.25) is 0 Å². The summed E-state index contributed by atoms with van der Waals surface area (Å²) < 4.78 is 5.24. The minimum absolute atomic E-state index is 0.0345. The fraction of sp³-hybridized carbons (Fsp3) is 0.826. The minimum atomic E-state index is -0.993. The summed E-state index contributed by atoms with van der Waals surface area (Å²) in [4.78, 5) is 49.7. The molecule has 3 atom stereocenters. The van der Waals surface area contributed by atoms with Crippen molar-refractivity contribution in [1.82, 2.24) is 5.32 Å². The number of ether oxygens (including phenoxy) is 1.